The summed E-state index contributed by atoms with van der Waals surface area (Å²) in [5.41, 5.74) is 2.68. The molecule has 0 amide bonds. The number of imidazole rings is 1. The average molecular weight is 456 g/mol. The molecule has 0 unspecified atom stereocenters. The molecule has 4 aromatic rings. The van der Waals surface area contributed by atoms with Gasteiger partial charge in [0.15, 0.2) is 5.65 Å². The molecule has 0 spiro atoms. The Morgan fingerprint density at radius 2 is 1.93 bits per heavy atom. The van der Waals surface area contributed by atoms with Crippen molar-refractivity contribution in [2.45, 2.75) is 19.4 Å². The van der Waals surface area contributed by atoms with Gasteiger partial charge >= 0.3 is 0 Å². The fourth-order valence-corrected chi connectivity index (χ4v) is 3.98. The van der Waals surface area contributed by atoms with Crippen molar-refractivity contribution >= 4 is 44.5 Å². The second kappa shape index (κ2) is 7.96. The van der Waals surface area contributed by atoms with Gasteiger partial charge in [-0.25, -0.2) is 4.98 Å². The van der Waals surface area contributed by atoms with Gasteiger partial charge in [-0.2, -0.15) is 19.6 Å². The number of benzene rings is 1. The molecule has 10 heteroatoms. The highest BCUT2D eigenvalue weighted by Gasteiger charge is 2.14. The molecule has 29 heavy (non-hydrogen) atoms. The topological polar surface area (TPSA) is 99.1 Å². The van der Waals surface area contributed by atoms with Gasteiger partial charge in [0, 0.05) is 13.1 Å². The van der Waals surface area contributed by atoms with Gasteiger partial charge in [-0.05, 0) is 54.0 Å². The van der Waals surface area contributed by atoms with E-state index in [1.54, 1.807) is 10.7 Å². The van der Waals surface area contributed by atoms with Crippen LogP contribution in [0.1, 0.15) is 18.7 Å². The van der Waals surface area contributed by atoms with Gasteiger partial charge in [-0.15, -0.1) is 0 Å². The van der Waals surface area contributed by atoms with Crippen molar-refractivity contribution in [1.29, 1.82) is 0 Å². The summed E-state index contributed by atoms with van der Waals surface area (Å²) in [6.45, 7) is 4.67. The molecule has 0 aliphatic carbocycles. The highest BCUT2D eigenvalue weighted by molar-refractivity contribution is 9.10. The van der Waals surface area contributed by atoms with Crippen LogP contribution >= 0.6 is 15.9 Å². The van der Waals surface area contributed by atoms with Crippen molar-refractivity contribution < 1.29 is 0 Å². The zero-order valence-corrected chi connectivity index (χ0v) is 17.5. The van der Waals surface area contributed by atoms with Crippen LogP contribution in [0.2, 0.25) is 0 Å². The van der Waals surface area contributed by atoms with Crippen molar-refractivity contribution in [3.8, 4) is 0 Å². The Kier molecular flexibility index (Phi) is 5.03. The van der Waals surface area contributed by atoms with Gasteiger partial charge < -0.3 is 20.5 Å². The summed E-state index contributed by atoms with van der Waals surface area (Å²) in [7, 11) is 0. The van der Waals surface area contributed by atoms with E-state index in [0.717, 1.165) is 40.1 Å². The quantitative estimate of drug-likeness (QED) is 0.393. The highest BCUT2D eigenvalue weighted by Crippen LogP contribution is 2.20. The lowest BCUT2D eigenvalue weighted by molar-refractivity contribution is 0.352. The molecule has 150 valence electrons. The van der Waals surface area contributed by atoms with E-state index in [4.69, 9.17) is 0 Å². The number of hydrogen-bond acceptors (Lipinski definition) is 7. The van der Waals surface area contributed by atoms with Crippen molar-refractivity contribution in [3.63, 3.8) is 0 Å². The second-order valence-corrected chi connectivity index (χ2v) is 7.98. The van der Waals surface area contributed by atoms with Gasteiger partial charge in [0.1, 0.15) is 5.82 Å². The molecular weight excluding hydrogens is 434 g/mol. The number of halogens is 1. The normalized spacial score (nSPS) is 14.8. The predicted octanol–water partition coefficient (Wildman–Crippen LogP) is 2.88. The Labute approximate surface area is 176 Å². The molecule has 1 aliphatic rings. The number of para-hydroxylation sites is 2. The number of nitrogens with one attached hydrogen (secondary N) is 3. The number of aromatic amines is 1. The first kappa shape index (κ1) is 18.3. The summed E-state index contributed by atoms with van der Waals surface area (Å²) in [5.74, 6) is 2.04. The minimum atomic E-state index is 0.505. The summed E-state index contributed by atoms with van der Waals surface area (Å²) < 4.78 is 2.52. The van der Waals surface area contributed by atoms with E-state index in [1.807, 2.05) is 24.3 Å². The van der Waals surface area contributed by atoms with Gasteiger partial charge in [0.05, 0.1) is 28.2 Å². The summed E-state index contributed by atoms with van der Waals surface area (Å²) in [6.07, 6.45) is 4.31. The Bertz CT molecular complexity index is 1100. The Morgan fingerprint density at radius 1 is 1.07 bits per heavy atom. The number of rotatable bonds is 7. The molecule has 0 atom stereocenters. The molecule has 1 aliphatic heterocycles. The van der Waals surface area contributed by atoms with Crippen LogP contribution in [0.5, 0.6) is 0 Å². The molecule has 3 N–H and O–H groups in total. The number of fused-ring (bicyclic) bond motifs is 2. The molecule has 1 aromatic carbocycles. The molecule has 1 saturated heterocycles. The lowest BCUT2D eigenvalue weighted by Gasteiger charge is -2.15. The SMILES string of the molecule is Brc1cnn2c(NCc3nc4ccccc4[nH]3)nc(NCCN3CCCC3)nc12. The van der Waals surface area contributed by atoms with Crippen LogP contribution < -0.4 is 10.6 Å². The minimum Gasteiger partial charge on any atom is -0.353 e. The molecular formula is C19H22BrN9. The molecule has 0 radical (unpaired) electrons. The largest absolute Gasteiger partial charge is 0.353 e. The number of H-pyrrole nitrogens is 1. The van der Waals surface area contributed by atoms with Crippen LogP contribution in [0.4, 0.5) is 11.9 Å². The maximum atomic E-state index is 4.63. The number of aromatic nitrogens is 6. The molecule has 9 nitrogen and oxygen atoms in total. The molecule has 1 fully saturated rings. The lowest BCUT2D eigenvalue weighted by atomic mass is 10.3. The van der Waals surface area contributed by atoms with Crippen molar-refractivity contribution in [1.82, 2.24) is 34.4 Å². The third kappa shape index (κ3) is 3.90. The molecule has 4 heterocycles. The first-order valence-corrected chi connectivity index (χ1v) is 10.6. The standard InChI is InChI=1S/C19H22BrN9/c20-13-11-23-29-17(13)26-18(21-7-10-28-8-3-4-9-28)27-19(29)22-12-16-24-14-5-1-2-6-15(14)25-16/h1-2,5-6,11H,3-4,7-10,12H2,(H,24,25)(H2,21,22,26,27). The lowest BCUT2D eigenvalue weighted by Crippen LogP contribution is -2.26. The maximum Gasteiger partial charge on any atom is 0.229 e. The van der Waals surface area contributed by atoms with E-state index in [1.165, 1.54) is 25.9 Å². The Hall–Kier alpha value is -2.72. The fourth-order valence-electron chi connectivity index (χ4n) is 3.63. The first-order chi connectivity index (χ1) is 14.3. The maximum absolute atomic E-state index is 4.63. The fraction of sp³-hybridized carbons (Fsp3) is 0.368. The van der Waals surface area contributed by atoms with E-state index in [-0.39, 0.29) is 0 Å². The third-order valence-corrected chi connectivity index (χ3v) is 5.65. The van der Waals surface area contributed by atoms with Crippen LogP contribution in [0, 0.1) is 0 Å². The van der Waals surface area contributed by atoms with E-state index in [2.05, 4.69) is 56.5 Å². The summed E-state index contributed by atoms with van der Waals surface area (Å²) in [4.78, 5) is 19.6. The van der Waals surface area contributed by atoms with Gasteiger partial charge in [-0.1, -0.05) is 12.1 Å². The van der Waals surface area contributed by atoms with Crippen LogP contribution in [-0.4, -0.2) is 60.6 Å². The van der Waals surface area contributed by atoms with Crippen LogP contribution in [-0.2, 0) is 6.54 Å². The molecule has 3 aromatic heterocycles. The minimum absolute atomic E-state index is 0.505. The van der Waals surface area contributed by atoms with Crippen LogP contribution in [0.15, 0.2) is 34.9 Å². The number of nitrogens with zero attached hydrogens (tertiary/aromatic N) is 6. The third-order valence-electron chi connectivity index (χ3n) is 5.09. The summed E-state index contributed by atoms with van der Waals surface area (Å²) in [5, 5.41) is 11.1. The van der Waals surface area contributed by atoms with Gasteiger partial charge in [-0.3, -0.25) is 0 Å². The summed E-state index contributed by atoms with van der Waals surface area (Å²) >= 11 is 3.52. The molecule has 5 rings (SSSR count). The highest BCUT2D eigenvalue weighted by atomic mass is 79.9. The Balaban J connectivity index is 1.33. The second-order valence-electron chi connectivity index (χ2n) is 7.13. The van der Waals surface area contributed by atoms with Gasteiger partial charge in [0.25, 0.3) is 0 Å². The van der Waals surface area contributed by atoms with Crippen molar-refractivity contribution in [2.24, 2.45) is 0 Å². The van der Waals surface area contributed by atoms with Crippen molar-refractivity contribution in [3.05, 3.63) is 40.8 Å². The first-order valence-electron chi connectivity index (χ1n) is 9.81. The van der Waals surface area contributed by atoms with E-state index in [0.29, 0.717) is 18.4 Å². The Morgan fingerprint density at radius 3 is 2.79 bits per heavy atom. The average Bonchev–Trinajstić information content (AvgIpc) is 3.46. The van der Waals surface area contributed by atoms with Crippen LogP contribution in [0.3, 0.4) is 0 Å². The van der Waals surface area contributed by atoms with Gasteiger partial charge in [0.2, 0.25) is 11.9 Å². The predicted molar refractivity (Wildman–Crippen MR) is 116 cm³/mol. The van der Waals surface area contributed by atoms with Crippen LogP contribution in [0.25, 0.3) is 16.7 Å². The molecule has 0 saturated carbocycles. The summed E-state index contributed by atoms with van der Waals surface area (Å²) in [6, 6.07) is 7.98. The van der Waals surface area contributed by atoms with Crippen molar-refractivity contribution in [2.75, 3.05) is 36.8 Å². The van der Waals surface area contributed by atoms with E-state index < -0.39 is 0 Å². The molecule has 0 bridgehead atoms. The number of likely N-dealkylation sites (tertiary alicyclic amines) is 1. The monoisotopic (exact) mass is 455 g/mol. The number of anilines is 2. The zero-order chi connectivity index (χ0) is 19.6. The smallest absolute Gasteiger partial charge is 0.229 e. The van der Waals surface area contributed by atoms with E-state index >= 15 is 0 Å². The zero-order valence-electron chi connectivity index (χ0n) is 15.9. The number of hydrogen-bond donors (Lipinski definition) is 3. The van der Waals surface area contributed by atoms with E-state index in [9.17, 15) is 0 Å².